The minimum Gasteiger partial charge on any atom is -0.427 e. The molecule has 0 aliphatic rings. The van der Waals surface area contributed by atoms with Gasteiger partial charge in [-0.2, -0.15) is 0 Å². The highest BCUT2D eigenvalue weighted by molar-refractivity contribution is 5.69. The van der Waals surface area contributed by atoms with Gasteiger partial charge in [-0.25, -0.2) is 0 Å². The van der Waals surface area contributed by atoms with Crippen molar-refractivity contribution in [2.45, 2.75) is 26.7 Å². The number of hydrogen-bond donors (Lipinski definition) is 0. The molecule has 1 aromatic rings. The van der Waals surface area contributed by atoms with Crippen LogP contribution in [0.2, 0.25) is 0 Å². The average molecular weight is 191 g/mol. The third-order valence-corrected chi connectivity index (χ3v) is 1.83. The number of hydrogen-bond acceptors (Lipinski definition) is 2. The largest absolute Gasteiger partial charge is 0.427 e. The lowest BCUT2D eigenvalue weighted by Gasteiger charge is -2.06. The van der Waals surface area contributed by atoms with E-state index >= 15 is 0 Å². The molecule has 2 nitrogen and oxygen atoms in total. The first-order chi connectivity index (χ1) is 6.61. The molecule has 0 atom stereocenters. The summed E-state index contributed by atoms with van der Waals surface area (Å²) in [6, 6.07) is 5.66. The summed E-state index contributed by atoms with van der Waals surface area (Å²) in [7, 11) is 0. The fourth-order valence-corrected chi connectivity index (χ4v) is 1.39. The van der Waals surface area contributed by atoms with Gasteiger partial charge in [0.25, 0.3) is 0 Å². The average Bonchev–Trinajstić information content (AvgIpc) is 2.01. The Morgan fingerprint density at radius 3 is 2.71 bits per heavy atom. The maximum Gasteiger partial charge on any atom is 0.308 e. The second kappa shape index (κ2) is 4.80. The SMILES string of the molecule is [CH2]c1cc(CCC)cc(OC(C)=O)c1. The van der Waals surface area contributed by atoms with E-state index in [-0.39, 0.29) is 5.97 Å². The van der Waals surface area contributed by atoms with Crippen molar-refractivity contribution in [1.29, 1.82) is 0 Å². The summed E-state index contributed by atoms with van der Waals surface area (Å²) < 4.78 is 5.00. The highest BCUT2D eigenvalue weighted by Gasteiger charge is 2.01. The van der Waals surface area contributed by atoms with Gasteiger partial charge in [0.2, 0.25) is 0 Å². The number of carbonyl (C=O) groups is 1. The van der Waals surface area contributed by atoms with Crippen LogP contribution in [0, 0.1) is 6.92 Å². The maximum absolute atomic E-state index is 10.8. The topological polar surface area (TPSA) is 26.3 Å². The van der Waals surface area contributed by atoms with Crippen molar-refractivity contribution in [3.63, 3.8) is 0 Å². The van der Waals surface area contributed by atoms with Gasteiger partial charge in [-0.15, -0.1) is 0 Å². The van der Waals surface area contributed by atoms with Crippen molar-refractivity contribution in [3.05, 3.63) is 36.2 Å². The van der Waals surface area contributed by atoms with E-state index in [1.165, 1.54) is 6.92 Å². The van der Waals surface area contributed by atoms with Gasteiger partial charge in [0.15, 0.2) is 0 Å². The second-order valence-corrected chi connectivity index (χ2v) is 3.33. The lowest BCUT2D eigenvalue weighted by Crippen LogP contribution is -2.02. The van der Waals surface area contributed by atoms with Crippen molar-refractivity contribution in [2.75, 3.05) is 0 Å². The molecule has 0 heterocycles. The molecule has 2 heteroatoms. The highest BCUT2D eigenvalue weighted by Crippen LogP contribution is 2.18. The summed E-state index contributed by atoms with van der Waals surface area (Å²) in [4.78, 5) is 10.8. The molecule has 0 saturated carbocycles. The maximum atomic E-state index is 10.8. The zero-order valence-electron chi connectivity index (χ0n) is 8.67. The van der Waals surface area contributed by atoms with Crippen LogP contribution in [0.1, 0.15) is 31.4 Å². The van der Waals surface area contributed by atoms with Crippen LogP contribution in [0.4, 0.5) is 0 Å². The Kier molecular flexibility index (Phi) is 3.69. The van der Waals surface area contributed by atoms with Crippen LogP contribution < -0.4 is 4.74 Å². The molecule has 0 aliphatic carbocycles. The third kappa shape index (κ3) is 3.21. The first-order valence-corrected chi connectivity index (χ1v) is 4.76. The van der Waals surface area contributed by atoms with Crippen LogP contribution in [-0.2, 0) is 11.2 Å². The van der Waals surface area contributed by atoms with Crippen molar-refractivity contribution in [2.24, 2.45) is 0 Å². The molecule has 75 valence electrons. The van der Waals surface area contributed by atoms with E-state index < -0.39 is 0 Å². The first-order valence-electron chi connectivity index (χ1n) is 4.76. The Morgan fingerprint density at radius 2 is 2.14 bits per heavy atom. The quantitative estimate of drug-likeness (QED) is 0.542. The van der Waals surface area contributed by atoms with Crippen molar-refractivity contribution >= 4 is 5.97 Å². The zero-order valence-corrected chi connectivity index (χ0v) is 8.67. The Bertz CT molecular complexity index is 329. The van der Waals surface area contributed by atoms with Gasteiger partial charge in [-0.1, -0.05) is 19.4 Å². The Morgan fingerprint density at radius 1 is 1.43 bits per heavy atom. The molecule has 0 fully saturated rings. The molecule has 14 heavy (non-hydrogen) atoms. The number of carbonyl (C=O) groups excluding carboxylic acids is 1. The van der Waals surface area contributed by atoms with E-state index in [0.29, 0.717) is 5.75 Å². The third-order valence-electron chi connectivity index (χ3n) is 1.83. The van der Waals surface area contributed by atoms with Crippen LogP contribution >= 0.6 is 0 Å². The van der Waals surface area contributed by atoms with Crippen molar-refractivity contribution in [1.82, 2.24) is 0 Å². The number of esters is 1. The summed E-state index contributed by atoms with van der Waals surface area (Å²) in [5.41, 5.74) is 2.04. The van der Waals surface area contributed by atoms with Crippen LogP contribution in [0.15, 0.2) is 18.2 Å². The van der Waals surface area contributed by atoms with Crippen LogP contribution in [0.25, 0.3) is 0 Å². The standard InChI is InChI=1S/C12H15O2/c1-4-5-11-6-9(2)7-12(8-11)14-10(3)13/h6-8H,2,4-5H2,1,3H3. The lowest BCUT2D eigenvalue weighted by molar-refractivity contribution is -0.131. The van der Waals surface area contributed by atoms with Gasteiger partial charge in [0, 0.05) is 6.92 Å². The minimum atomic E-state index is -0.293. The summed E-state index contributed by atoms with van der Waals surface area (Å²) in [6.07, 6.45) is 2.06. The molecule has 0 aromatic heterocycles. The van der Waals surface area contributed by atoms with E-state index in [9.17, 15) is 4.79 Å². The molecule has 1 rings (SSSR count). The molecule has 1 aromatic carbocycles. The zero-order chi connectivity index (χ0) is 10.6. The fourth-order valence-electron chi connectivity index (χ4n) is 1.39. The molecule has 0 N–H and O–H groups in total. The van der Waals surface area contributed by atoms with Gasteiger partial charge in [0.05, 0.1) is 0 Å². The minimum absolute atomic E-state index is 0.293. The predicted octanol–water partition coefficient (Wildman–Crippen LogP) is 2.75. The van der Waals surface area contributed by atoms with Crippen LogP contribution in [0.3, 0.4) is 0 Å². The molecule has 0 aliphatic heterocycles. The number of rotatable bonds is 3. The van der Waals surface area contributed by atoms with Crippen LogP contribution in [0.5, 0.6) is 5.75 Å². The highest BCUT2D eigenvalue weighted by atomic mass is 16.5. The summed E-state index contributed by atoms with van der Waals surface area (Å²) in [5, 5.41) is 0. The van der Waals surface area contributed by atoms with E-state index in [1.807, 2.05) is 12.1 Å². The molecule has 0 saturated heterocycles. The normalized spacial score (nSPS) is 9.93. The van der Waals surface area contributed by atoms with Crippen LogP contribution in [-0.4, -0.2) is 5.97 Å². The molecular formula is C12H15O2. The van der Waals surface area contributed by atoms with Crippen molar-refractivity contribution < 1.29 is 9.53 Å². The van der Waals surface area contributed by atoms with Gasteiger partial charge in [0.1, 0.15) is 5.75 Å². The van der Waals surface area contributed by atoms with Gasteiger partial charge in [-0.05, 0) is 36.6 Å². The second-order valence-electron chi connectivity index (χ2n) is 3.33. The Balaban J connectivity index is 2.88. The lowest BCUT2D eigenvalue weighted by atomic mass is 10.1. The van der Waals surface area contributed by atoms with Gasteiger partial charge in [-0.3, -0.25) is 4.79 Å². The van der Waals surface area contributed by atoms with Gasteiger partial charge >= 0.3 is 5.97 Å². The Labute approximate surface area is 84.9 Å². The smallest absolute Gasteiger partial charge is 0.308 e. The predicted molar refractivity (Wildman–Crippen MR) is 56.2 cm³/mol. The molecule has 1 radical (unpaired) electrons. The van der Waals surface area contributed by atoms with Gasteiger partial charge < -0.3 is 4.74 Å². The summed E-state index contributed by atoms with van der Waals surface area (Å²) in [5.74, 6) is 0.298. The molecule has 0 amide bonds. The fraction of sp³-hybridized carbons (Fsp3) is 0.333. The number of aryl methyl sites for hydroxylation is 1. The number of ether oxygens (including phenoxy) is 1. The summed E-state index contributed by atoms with van der Waals surface area (Å²) >= 11 is 0. The molecule has 0 spiro atoms. The first kappa shape index (κ1) is 10.8. The number of benzene rings is 1. The Hall–Kier alpha value is -1.31. The van der Waals surface area contributed by atoms with E-state index in [2.05, 4.69) is 13.8 Å². The summed E-state index contributed by atoms with van der Waals surface area (Å²) in [6.45, 7) is 7.35. The molecular weight excluding hydrogens is 176 g/mol. The molecule has 0 bridgehead atoms. The van der Waals surface area contributed by atoms with E-state index in [4.69, 9.17) is 4.74 Å². The monoisotopic (exact) mass is 191 g/mol. The van der Waals surface area contributed by atoms with E-state index in [1.54, 1.807) is 6.07 Å². The van der Waals surface area contributed by atoms with E-state index in [0.717, 1.165) is 24.0 Å². The van der Waals surface area contributed by atoms with Crippen molar-refractivity contribution in [3.8, 4) is 5.75 Å². The molecule has 0 unspecified atom stereocenters.